The summed E-state index contributed by atoms with van der Waals surface area (Å²) in [6.07, 6.45) is 0. The number of rotatable bonds is 3. The van der Waals surface area contributed by atoms with E-state index in [9.17, 15) is 0 Å². The Morgan fingerprint density at radius 1 is 1.11 bits per heavy atom. The van der Waals surface area contributed by atoms with E-state index in [1.807, 2.05) is 25.2 Å². The molecular formula is C15H19N3. The SMILES string of the molecule is CNc1cc(C(C)C)nc(-c2cccc(C)c2)n1. The lowest BCUT2D eigenvalue weighted by atomic mass is 10.1. The number of hydrogen-bond acceptors (Lipinski definition) is 3. The van der Waals surface area contributed by atoms with Gasteiger partial charge in [0.15, 0.2) is 5.82 Å². The van der Waals surface area contributed by atoms with Crippen LogP contribution in [0.25, 0.3) is 11.4 Å². The van der Waals surface area contributed by atoms with Gasteiger partial charge in [-0.2, -0.15) is 0 Å². The predicted octanol–water partition coefficient (Wildman–Crippen LogP) is 3.62. The first-order valence-corrected chi connectivity index (χ1v) is 6.24. The third kappa shape index (κ3) is 2.67. The van der Waals surface area contributed by atoms with Crippen LogP contribution in [-0.2, 0) is 0 Å². The third-order valence-electron chi connectivity index (χ3n) is 2.87. The zero-order valence-corrected chi connectivity index (χ0v) is 11.4. The minimum absolute atomic E-state index is 0.392. The molecule has 0 unspecified atom stereocenters. The second-order valence-corrected chi connectivity index (χ2v) is 4.78. The summed E-state index contributed by atoms with van der Waals surface area (Å²) in [5.41, 5.74) is 3.34. The topological polar surface area (TPSA) is 37.8 Å². The quantitative estimate of drug-likeness (QED) is 0.892. The number of nitrogens with one attached hydrogen (secondary N) is 1. The highest BCUT2D eigenvalue weighted by atomic mass is 15.0. The van der Waals surface area contributed by atoms with Crippen LogP contribution >= 0.6 is 0 Å². The molecule has 3 nitrogen and oxygen atoms in total. The average molecular weight is 241 g/mol. The molecule has 18 heavy (non-hydrogen) atoms. The van der Waals surface area contributed by atoms with Gasteiger partial charge in [-0.15, -0.1) is 0 Å². The van der Waals surface area contributed by atoms with Crippen molar-refractivity contribution in [1.29, 1.82) is 0 Å². The maximum atomic E-state index is 4.64. The van der Waals surface area contributed by atoms with Gasteiger partial charge in [0.05, 0.1) is 0 Å². The summed E-state index contributed by atoms with van der Waals surface area (Å²) >= 11 is 0. The van der Waals surface area contributed by atoms with Crippen molar-refractivity contribution in [2.45, 2.75) is 26.7 Å². The molecule has 0 radical (unpaired) electrons. The summed E-state index contributed by atoms with van der Waals surface area (Å²) in [5, 5.41) is 3.10. The van der Waals surface area contributed by atoms with Crippen molar-refractivity contribution >= 4 is 5.82 Å². The van der Waals surface area contributed by atoms with Gasteiger partial charge < -0.3 is 5.32 Å². The number of nitrogens with zero attached hydrogens (tertiary/aromatic N) is 2. The van der Waals surface area contributed by atoms with Gasteiger partial charge in [-0.1, -0.05) is 37.6 Å². The van der Waals surface area contributed by atoms with E-state index in [0.29, 0.717) is 5.92 Å². The van der Waals surface area contributed by atoms with Crippen molar-refractivity contribution in [2.24, 2.45) is 0 Å². The van der Waals surface area contributed by atoms with Crippen LogP contribution in [0.4, 0.5) is 5.82 Å². The molecule has 0 aliphatic heterocycles. The van der Waals surface area contributed by atoms with Gasteiger partial charge in [0.2, 0.25) is 0 Å². The smallest absolute Gasteiger partial charge is 0.161 e. The summed E-state index contributed by atoms with van der Waals surface area (Å²) in [4.78, 5) is 9.16. The van der Waals surface area contributed by atoms with E-state index in [1.54, 1.807) is 0 Å². The normalized spacial score (nSPS) is 10.7. The highest BCUT2D eigenvalue weighted by molar-refractivity contribution is 5.58. The second kappa shape index (κ2) is 5.17. The van der Waals surface area contributed by atoms with Crippen LogP contribution in [0.15, 0.2) is 30.3 Å². The third-order valence-corrected chi connectivity index (χ3v) is 2.87. The Labute approximate surface area is 108 Å². The molecule has 0 saturated carbocycles. The van der Waals surface area contributed by atoms with Gasteiger partial charge in [0, 0.05) is 24.4 Å². The molecule has 0 fully saturated rings. The minimum Gasteiger partial charge on any atom is -0.373 e. The lowest BCUT2D eigenvalue weighted by molar-refractivity contribution is 0.817. The highest BCUT2D eigenvalue weighted by Gasteiger charge is 2.08. The molecule has 94 valence electrons. The number of aromatic nitrogens is 2. The Balaban J connectivity index is 2.53. The number of anilines is 1. The number of hydrogen-bond donors (Lipinski definition) is 1. The van der Waals surface area contributed by atoms with E-state index in [4.69, 9.17) is 0 Å². The summed E-state index contributed by atoms with van der Waals surface area (Å²) < 4.78 is 0. The van der Waals surface area contributed by atoms with Crippen LogP contribution < -0.4 is 5.32 Å². The summed E-state index contributed by atoms with van der Waals surface area (Å²) in [5.74, 6) is 2.04. The van der Waals surface area contributed by atoms with Gasteiger partial charge in [-0.3, -0.25) is 0 Å². The van der Waals surface area contributed by atoms with Crippen molar-refractivity contribution in [3.63, 3.8) is 0 Å². The van der Waals surface area contributed by atoms with Crippen LogP contribution in [0.1, 0.15) is 31.0 Å². The maximum Gasteiger partial charge on any atom is 0.161 e. The molecule has 0 amide bonds. The van der Waals surface area contributed by atoms with E-state index in [-0.39, 0.29) is 0 Å². The van der Waals surface area contributed by atoms with Gasteiger partial charge in [0.25, 0.3) is 0 Å². The van der Waals surface area contributed by atoms with E-state index >= 15 is 0 Å². The molecule has 0 atom stereocenters. The summed E-state index contributed by atoms with van der Waals surface area (Å²) in [7, 11) is 1.88. The molecule has 0 bridgehead atoms. The van der Waals surface area contributed by atoms with Gasteiger partial charge in [0.1, 0.15) is 5.82 Å². The fraction of sp³-hybridized carbons (Fsp3) is 0.333. The van der Waals surface area contributed by atoms with Crippen molar-refractivity contribution in [1.82, 2.24) is 9.97 Å². The lowest BCUT2D eigenvalue weighted by Gasteiger charge is -2.10. The van der Waals surface area contributed by atoms with Crippen molar-refractivity contribution in [3.8, 4) is 11.4 Å². The Hall–Kier alpha value is -1.90. The first kappa shape index (κ1) is 12.6. The molecular weight excluding hydrogens is 222 g/mol. The molecule has 1 N–H and O–H groups in total. The lowest BCUT2D eigenvalue weighted by Crippen LogP contribution is -2.02. The molecule has 0 aliphatic rings. The zero-order valence-electron chi connectivity index (χ0n) is 11.4. The Morgan fingerprint density at radius 3 is 2.50 bits per heavy atom. The molecule has 0 aliphatic carbocycles. The standard InChI is InChI=1S/C15H19N3/c1-10(2)13-9-14(16-4)18-15(17-13)12-7-5-6-11(3)8-12/h5-10H,1-4H3,(H,16,17,18). The molecule has 0 saturated heterocycles. The second-order valence-electron chi connectivity index (χ2n) is 4.78. The van der Waals surface area contributed by atoms with E-state index in [0.717, 1.165) is 22.9 Å². The van der Waals surface area contributed by atoms with Gasteiger partial charge in [-0.05, 0) is 18.9 Å². The predicted molar refractivity (Wildman–Crippen MR) is 75.8 cm³/mol. The molecule has 3 heteroatoms. The fourth-order valence-electron chi connectivity index (χ4n) is 1.80. The largest absolute Gasteiger partial charge is 0.373 e. The summed E-state index contributed by atoms with van der Waals surface area (Å²) in [6.45, 7) is 6.36. The molecule has 0 spiro atoms. The monoisotopic (exact) mass is 241 g/mol. The van der Waals surface area contributed by atoms with E-state index in [2.05, 4.69) is 48.2 Å². The average Bonchev–Trinajstić information content (AvgIpc) is 2.38. The van der Waals surface area contributed by atoms with E-state index in [1.165, 1.54) is 5.56 Å². The molecule has 2 rings (SSSR count). The summed E-state index contributed by atoms with van der Waals surface area (Å²) in [6, 6.07) is 10.3. The Morgan fingerprint density at radius 2 is 1.89 bits per heavy atom. The molecule has 1 aromatic heterocycles. The first-order chi connectivity index (χ1) is 8.60. The first-order valence-electron chi connectivity index (χ1n) is 6.24. The van der Waals surface area contributed by atoms with Crippen molar-refractivity contribution in [3.05, 3.63) is 41.6 Å². The Kier molecular flexibility index (Phi) is 3.60. The molecule has 1 aromatic carbocycles. The van der Waals surface area contributed by atoms with Crippen LogP contribution in [-0.4, -0.2) is 17.0 Å². The highest BCUT2D eigenvalue weighted by Crippen LogP contribution is 2.22. The van der Waals surface area contributed by atoms with Crippen molar-refractivity contribution < 1.29 is 0 Å². The zero-order chi connectivity index (χ0) is 13.1. The van der Waals surface area contributed by atoms with Crippen LogP contribution in [0.5, 0.6) is 0 Å². The van der Waals surface area contributed by atoms with Gasteiger partial charge in [-0.25, -0.2) is 9.97 Å². The Bertz CT molecular complexity index is 547. The minimum atomic E-state index is 0.392. The maximum absolute atomic E-state index is 4.64. The van der Waals surface area contributed by atoms with Crippen molar-refractivity contribution in [2.75, 3.05) is 12.4 Å². The van der Waals surface area contributed by atoms with Crippen LogP contribution in [0.2, 0.25) is 0 Å². The van der Waals surface area contributed by atoms with E-state index < -0.39 is 0 Å². The van der Waals surface area contributed by atoms with Crippen LogP contribution in [0.3, 0.4) is 0 Å². The number of aryl methyl sites for hydroxylation is 1. The van der Waals surface area contributed by atoms with Crippen LogP contribution in [0, 0.1) is 6.92 Å². The number of benzene rings is 1. The van der Waals surface area contributed by atoms with Gasteiger partial charge >= 0.3 is 0 Å². The molecule has 2 aromatic rings. The molecule has 1 heterocycles. The fourth-order valence-corrected chi connectivity index (χ4v) is 1.80.